The van der Waals surface area contributed by atoms with E-state index in [0.717, 1.165) is 25.8 Å². The maximum atomic E-state index is 12.7. The van der Waals surface area contributed by atoms with Crippen LogP contribution in [-0.2, 0) is 10.8 Å². The van der Waals surface area contributed by atoms with Crippen molar-refractivity contribution in [1.82, 2.24) is 9.80 Å². The molecule has 7 nitrogen and oxygen atoms in total. The highest BCUT2D eigenvalue weighted by molar-refractivity contribution is 7.86. The summed E-state index contributed by atoms with van der Waals surface area (Å²) in [6.07, 6.45) is 2.80. The Balaban J connectivity index is 1.61. The van der Waals surface area contributed by atoms with Gasteiger partial charge in [0.15, 0.2) is 11.5 Å². The molecule has 2 amide bonds. The van der Waals surface area contributed by atoms with Crippen LogP contribution >= 0.6 is 0 Å². The smallest absolute Gasteiger partial charge is 0.321 e. The molecule has 3 rings (SSSR count). The van der Waals surface area contributed by atoms with Crippen LogP contribution in [0.25, 0.3) is 0 Å². The molecule has 1 aromatic rings. The summed E-state index contributed by atoms with van der Waals surface area (Å²) in [4.78, 5) is 16.5. The quantitative estimate of drug-likeness (QED) is 0.799. The molecule has 8 heteroatoms. The van der Waals surface area contributed by atoms with Crippen LogP contribution < -0.4 is 14.8 Å². The van der Waals surface area contributed by atoms with Gasteiger partial charge in [-0.1, -0.05) is 0 Å². The number of hydrogen-bond donors (Lipinski definition) is 1. The van der Waals surface area contributed by atoms with Gasteiger partial charge in [-0.25, -0.2) is 4.79 Å². The Morgan fingerprint density at radius 1 is 1.26 bits per heavy atom. The number of benzene rings is 1. The van der Waals surface area contributed by atoms with E-state index in [-0.39, 0.29) is 16.5 Å². The summed E-state index contributed by atoms with van der Waals surface area (Å²) in [7, 11) is 4.77. The molecule has 2 fully saturated rings. The van der Waals surface area contributed by atoms with Crippen molar-refractivity contribution in [2.75, 3.05) is 52.8 Å². The molecule has 0 aliphatic carbocycles. The lowest BCUT2D eigenvalue weighted by Crippen LogP contribution is -2.40. The number of hydrogen-bond acceptors (Lipinski definition) is 5. The van der Waals surface area contributed by atoms with Gasteiger partial charge < -0.3 is 24.6 Å². The molecule has 2 bridgehead atoms. The van der Waals surface area contributed by atoms with E-state index >= 15 is 0 Å². The molecular weight excluding hydrogens is 366 g/mol. The Morgan fingerprint density at radius 2 is 2.04 bits per heavy atom. The molecule has 2 saturated heterocycles. The number of rotatable bonds is 6. The lowest BCUT2D eigenvalue weighted by Gasteiger charge is -2.24. The van der Waals surface area contributed by atoms with Gasteiger partial charge in [0.25, 0.3) is 0 Å². The lowest BCUT2D eigenvalue weighted by molar-refractivity contribution is 0.209. The predicted octanol–water partition coefficient (Wildman–Crippen LogP) is 2.15. The van der Waals surface area contributed by atoms with Crippen molar-refractivity contribution >= 4 is 22.5 Å². The summed E-state index contributed by atoms with van der Waals surface area (Å²) in [5.41, 5.74) is 0.660. The monoisotopic (exact) mass is 395 g/mol. The van der Waals surface area contributed by atoms with Crippen molar-refractivity contribution in [3.8, 4) is 11.5 Å². The van der Waals surface area contributed by atoms with Gasteiger partial charge in [-0.3, -0.25) is 4.21 Å². The number of fused-ring (bicyclic) bond motifs is 2. The van der Waals surface area contributed by atoms with Gasteiger partial charge in [0.2, 0.25) is 0 Å². The van der Waals surface area contributed by atoms with Gasteiger partial charge in [-0.15, -0.1) is 0 Å². The first-order valence-corrected chi connectivity index (χ1v) is 10.7. The molecule has 2 aliphatic rings. The number of urea groups is 1. The molecule has 3 unspecified atom stereocenters. The van der Waals surface area contributed by atoms with Crippen LogP contribution in [0.4, 0.5) is 10.5 Å². The molecule has 2 heterocycles. The van der Waals surface area contributed by atoms with Crippen molar-refractivity contribution in [3.05, 3.63) is 18.2 Å². The number of likely N-dealkylation sites (tertiary alicyclic amines) is 1. The van der Waals surface area contributed by atoms with Crippen LogP contribution in [-0.4, -0.2) is 78.0 Å². The number of nitrogens with one attached hydrogen (secondary N) is 1. The zero-order valence-corrected chi connectivity index (χ0v) is 17.1. The number of carbonyl (C=O) groups excluding carboxylic acids is 1. The maximum absolute atomic E-state index is 12.7. The fraction of sp³-hybridized carbons (Fsp3) is 0.632. The minimum atomic E-state index is -0.796. The molecule has 27 heavy (non-hydrogen) atoms. The van der Waals surface area contributed by atoms with Gasteiger partial charge in [0.05, 0.1) is 12.4 Å². The standard InChI is InChI=1S/C19H29N3O4S/c1-21(2)10-11-26-17-7-4-14(12-18(17)25-3)20-19(23)22-9-8-15-5-6-16(13-22)27(15)24/h4,7,12,15-16H,5-6,8-11,13H2,1-3H3,(H,20,23). The molecule has 0 spiro atoms. The first kappa shape index (κ1) is 19.9. The minimum absolute atomic E-state index is 0.116. The van der Waals surface area contributed by atoms with E-state index in [0.29, 0.717) is 36.9 Å². The summed E-state index contributed by atoms with van der Waals surface area (Å²) in [5, 5.41) is 3.31. The van der Waals surface area contributed by atoms with Crippen molar-refractivity contribution in [1.29, 1.82) is 0 Å². The molecule has 0 radical (unpaired) electrons. The Kier molecular flexibility index (Phi) is 6.59. The largest absolute Gasteiger partial charge is 0.493 e. The fourth-order valence-electron chi connectivity index (χ4n) is 3.53. The number of carbonyl (C=O) groups is 1. The van der Waals surface area contributed by atoms with Gasteiger partial charge >= 0.3 is 6.03 Å². The zero-order valence-electron chi connectivity index (χ0n) is 16.3. The minimum Gasteiger partial charge on any atom is -0.493 e. The molecule has 2 aliphatic heterocycles. The van der Waals surface area contributed by atoms with E-state index < -0.39 is 10.8 Å². The average molecular weight is 396 g/mol. The van der Waals surface area contributed by atoms with E-state index in [1.807, 2.05) is 31.1 Å². The molecular formula is C19H29N3O4S. The summed E-state index contributed by atoms with van der Waals surface area (Å²) in [6.45, 7) is 2.59. The van der Waals surface area contributed by atoms with E-state index in [4.69, 9.17) is 9.47 Å². The molecule has 1 aromatic carbocycles. The summed E-state index contributed by atoms with van der Waals surface area (Å²) in [6, 6.07) is 5.24. The first-order valence-electron chi connectivity index (χ1n) is 9.39. The Bertz CT molecular complexity index is 698. The normalized spacial score (nSPS) is 24.6. The third-order valence-electron chi connectivity index (χ3n) is 5.11. The summed E-state index contributed by atoms with van der Waals surface area (Å²) in [5.74, 6) is 1.24. The van der Waals surface area contributed by atoms with Crippen molar-refractivity contribution in [2.24, 2.45) is 0 Å². The van der Waals surface area contributed by atoms with Crippen LogP contribution in [0, 0.1) is 0 Å². The van der Waals surface area contributed by atoms with E-state index in [2.05, 4.69) is 5.32 Å². The SMILES string of the molecule is COc1cc(NC(=O)N2CCC3CCC(C2)S3=O)ccc1OCCN(C)C. The third kappa shape index (κ3) is 4.93. The van der Waals surface area contributed by atoms with Gasteiger partial charge in [-0.05, 0) is 45.5 Å². The van der Waals surface area contributed by atoms with Gasteiger partial charge in [-0.2, -0.15) is 0 Å². The van der Waals surface area contributed by atoms with Crippen LogP contribution in [0.5, 0.6) is 11.5 Å². The van der Waals surface area contributed by atoms with Crippen molar-refractivity contribution in [2.45, 2.75) is 29.8 Å². The fourth-order valence-corrected chi connectivity index (χ4v) is 5.47. The number of methoxy groups -OCH3 is 1. The number of likely N-dealkylation sites (N-methyl/N-ethyl adjacent to an activating group) is 1. The molecule has 0 aromatic heterocycles. The maximum Gasteiger partial charge on any atom is 0.321 e. The highest BCUT2D eigenvalue weighted by Gasteiger charge is 2.38. The number of nitrogens with zero attached hydrogens (tertiary/aromatic N) is 2. The topological polar surface area (TPSA) is 71.1 Å². The zero-order chi connectivity index (χ0) is 19.4. The number of amides is 2. The average Bonchev–Trinajstić information content (AvgIpc) is 2.87. The Labute approximate surface area is 163 Å². The van der Waals surface area contributed by atoms with Gasteiger partial charge in [0, 0.05) is 47.4 Å². The first-order chi connectivity index (χ1) is 13.0. The number of anilines is 1. The summed E-state index contributed by atoms with van der Waals surface area (Å²) < 4.78 is 23.5. The van der Waals surface area contributed by atoms with Crippen LogP contribution in [0.2, 0.25) is 0 Å². The van der Waals surface area contributed by atoms with E-state index in [1.165, 1.54) is 0 Å². The van der Waals surface area contributed by atoms with Crippen LogP contribution in [0.3, 0.4) is 0 Å². The third-order valence-corrected chi connectivity index (χ3v) is 7.28. The molecule has 1 N–H and O–H groups in total. The highest BCUT2D eigenvalue weighted by Crippen LogP contribution is 2.32. The van der Waals surface area contributed by atoms with Crippen molar-refractivity contribution in [3.63, 3.8) is 0 Å². The molecule has 0 saturated carbocycles. The molecule has 3 atom stereocenters. The Morgan fingerprint density at radius 3 is 2.78 bits per heavy atom. The predicted molar refractivity (Wildman–Crippen MR) is 107 cm³/mol. The van der Waals surface area contributed by atoms with Crippen LogP contribution in [0.1, 0.15) is 19.3 Å². The van der Waals surface area contributed by atoms with Crippen LogP contribution in [0.15, 0.2) is 18.2 Å². The second kappa shape index (κ2) is 8.93. The second-order valence-corrected chi connectivity index (χ2v) is 9.32. The highest BCUT2D eigenvalue weighted by atomic mass is 32.2. The van der Waals surface area contributed by atoms with Gasteiger partial charge in [0.1, 0.15) is 6.61 Å². The Hall–Kier alpha value is -1.80. The lowest BCUT2D eigenvalue weighted by atomic mass is 10.1. The van der Waals surface area contributed by atoms with E-state index in [1.54, 1.807) is 18.1 Å². The molecule has 150 valence electrons. The number of ether oxygens (including phenoxy) is 2. The van der Waals surface area contributed by atoms with Crippen molar-refractivity contribution < 1.29 is 18.5 Å². The second-order valence-electron chi connectivity index (χ2n) is 7.33. The van der Waals surface area contributed by atoms with E-state index in [9.17, 15) is 9.00 Å². The summed E-state index contributed by atoms with van der Waals surface area (Å²) >= 11 is 0.